The number of hydrogen-bond acceptors (Lipinski definition) is 6. The second-order valence-corrected chi connectivity index (χ2v) is 7.44. The predicted molar refractivity (Wildman–Crippen MR) is 122 cm³/mol. The van der Waals surface area contributed by atoms with Gasteiger partial charge in [0.25, 0.3) is 5.91 Å². The first-order valence-electron chi connectivity index (χ1n) is 10.1. The number of methoxy groups -OCH3 is 2. The monoisotopic (exact) mass is 432 g/mol. The maximum atomic E-state index is 12.5. The van der Waals surface area contributed by atoms with Gasteiger partial charge < -0.3 is 24.9 Å². The van der Waals surface area contributed by atoms with E-state index in [2.05, 4.69) is 20.3 Å². The number of rotatable bonds is 7. The quantitative estimate of drug-likeness (QED) is 0.410. The third kappa shape index (κ3) is 4.26. The highest BCUT2D eigenvalue weighted by Gasteiger charge is 2.16. The topological polar surface area (TPSA) is 109 Å². The summed E-state index contributed by atoms with van der Waals surface area (Å²) in [4.78, 5) is 24.6. The van der Waals surface area contributed by atoms with Gasteiger partial charge in [-0.2, -0.15) is 0 Å². The molecule has 8 nitrogen and oxygen atoms in total. The second-order valence-electron chi connectivity index (χ2n) is 7.44. The zero-order chi connectivity index (χ0) is 22.7. The number of benzene rings is 2. The molecule has 3 N–H and O–H groups in total. The van der Waals surface area contributed by atoms with Gasteiger partial charge in [0.15, 0.2) is 0 Å². The van der Waals surface area contributed by atoms with Crippen molar-refractivity contribution in [2.45, 2.75) is 13.0 Å². The zero-order valence-electron chi connectivity index (χ0n) is 18.0. The number of amides is 1. The average Bonchev–Trinajstić information content (AvgIpc) is 3.22. The lowest BCUT2D eigenvalue weighted by molar-refractivity contribution is 0.0905. The zero-order valence-corrected chi connectivity index (χ0v) is 18.0. The van der Waals surface area contributed by atoms with Gasteiger partial charge in [-0.25, -0.2) is 9.97 Å². The normalized spacial score (nSPS) is 12.0. The van der Waals surface area contributed by atoms with E-state index >= 15 is 0 Å². The Balaban J connectivity index is 1.69. The van der Waals surface area contributed by atoms with E-state index < -0.39 is 0 Å². The molecule has 0 spiro atoms. The minimum absolute atomic E-state index is 0.0852. The Morgan fingerprint density at radius 1 is 1.16 bits per heavy atom. The summed E-state index contributed by atoms with van der Waals surface area (Å²) >= 11 is 0. The molecule has 1 atom stereocenters. The summed E-state index contributed by atoms with van der Waals surface area (Å²) in [5.74, 6) is 0.871. The van der Waals surface area contributed by atoms with Gasteiger partial charge in [0.1, 0.15) is 11.6 Å². The van der Waals surface area contributed by atoms with Crippen molar-refractivity contribution in [3.63, 3.8) is 0 Å². The Morgan fingerprint density at radius 3 is 2.78 bits per heavy atom. The standard InChI is InChI=1S/C24H24N4O4/c1-14(13-31-2)26-23(30)16-6-8-19-20(12-16)28-22(27-19)18-11-15(7-9-21(18)29)17-5-4-10-25-24(17)32-3/h4-12,14,29H,13H2,1-3H3,(H,26,30)(H,27,28)/t14-/m0/s1. The van der Waals surface area contributed by atoms with E-state index in [1.54, 1.807) is 50.7 Å². The molecule has 0 fully saturated rings. The molecule has 0 saturated heterocycles. The van der Waals surface area contributed by atoms with Gasteiger partial charge in [0.2, 0.25) is 5.88 Å². The van der Waals surface area contributed by atoms with Crippen LogP contribution in [-0.4, -0.2) is 52.8 Å². The van der Waals surface area contributed by atoms with Gasteiger partial charge in [0, 0.05) is 30.5 Å². The van der Waals surface area contributed by atoms with Crippen LogP contribution in [0, 0.1) is 0 Å². The SMILES string of the molecule is COC[C@H](C)NC(=O)c1ccc2[nH]c(-c3cc(-c4cccnc4OC)ccc3O)nc2c1. The summed E-state index contributed by atoms with van der Waals surface area (Å²) in [6, 6.07) is 14.1. The Hall–Kier alpha value is -3.91. The van der Waals surface area contributed by atoms with Crippen molar-refractivity contribution in [2.24, 2.45) is 0 Å². The number of aromatic nitrogens is 3. The highest BCUT2D eigenvalue weighted by molar-refractivity contribution is 5.98. The molecule has 0 saturated carbocycles. The number of carbonyl (C=O) groups excluding carboxylic acids is 1. The van der Waals surface area contributed by atoms with Crippen LogP contribution in [0.1, 0.15) is 17.3 Å². The molecule has 32 heavy (non-hydrogen) atoms. The van der Waals surface area contributed by atoms with Crippen molar-refractivity contribution in [3.05, 3.63) is 60.3 Å². The van der Waals surface area contributed by atoms with E-state index in [1.165, 1.54) is 0 Å². The van der Waals surface area contributed by atoms with Gasteiger partial charge in [-0.05, 0) is 55.0 Å². The molecule has 4 aromatic rings. The number of nitrogens with one attached hydrogen (secondary N) is 2. The lowest BCUT2D eigenvalue weighted by Crippen LogP contribution is -2.35. The maximum absolute atomic E-state index is 12.5. The molecule has 8 heteroatoms. The summed E-state index contributed by atoms with van der Waals surface area (Å²) in [5, 5.41) is 13.4. The van der Waals surface area contributed by atoms with E-state index in [4.69, 9.17) is 9.47 Å². The molecule has 2 heterocycles. The van der Waals surface area contributed by atoms with Crippen molar-refractivity contribution >= 4 is 16.9 Å². The Labute approximate surface area is 185 Å². The van der Waals surface area contributed by atoms with E-state index in [0.717, 1.165) is 16.6 Å². The van der Waals surface area contributed by atoms with E-state index in [1.807, 2.05) is 25.1 Å². The van der Waals surface area contributed by atoms with Crippen molar-refractivity contribution in [1.82, 2.24) is 20.3 Å². The van der Waals surface area contributed by atoms with Crippen LogP contribution in [0.3, 0.4) is 0 Å². The van der Waals surface area contributed by atoms with Crippen molar-refractivity contribution in [2.75, 3.05) is 20.8 Å². The van der Waals surface area contributed by atoms with E-state index in [-0.39, 0.29) is 17.7 Å². The van der Waals surface area contributed by atoms with Crippen LogP contribution in [0.2, 0.25) is 0 Å². The molecular weight excluding hydrogens is 408 g/mol. The summed E-state index contributed by atoms with van der Waals surface area (Å²) in [7, 11) is 3.16. The molecule has 4 rings (SSSR count). The number of pyridine rings is 1. The fourth-order valence-corrected chi connectivity index (χ4v) is 3.54. The molecule has 1 amide bonds. The van der Waals surface area contributed by atoms with Crippen LogP contribution < -0.4 is 10.1 Å². The smallest absolute Gasteiger partial charge is 0.251 e. The minimum atomic E-state index is -0.200. The number of phenols is 1. The number of carbonyl (C=O) groups is 1. The average molecular weight is 432 g/mol. The van der Waals surface area contributed by atoms with Crippen LogP contribution in [0.15, 0.2) is 54.7 Å². The number of hydrogen-bond donors (Lipinski definition) is 3. The van der Waals surface area contributed by atoms with Gasteiger partial charge >= 0.3 is 0 Å². The van der Waals surface area contributed by atoms with Crippen LogP contribution in [0.25, 0.3) is 33.5 Å². The van der Waals surface area contributed by atoms with Crippen LogP contribution in [-0.2, 0) is 4.74 Å². The molecule has 0 aliphatic heterocycles. The number of fused-ring (bicyclic) bond motifs is 1. The number of phenolic OH excluding ortho intramolecular Hbond substituents is 1. The molecular formula is C24H24N4O4. The Morgan fingerprint density at radius 2 is 2.00 bits per heavy atom. The predicted octanol–water partition coefficient (Wildman–Crippen LogP) is 3.77. The lowest BCUT2D eigenvalue weighted by Gasteiger charge is -2.12. The highest BCUT2D eigenvalue weighted by atomic mass is 16.5. The van der Waals surface area contributed by atoms with E-state index in [0.29, 0.717) is 35.0 Å². The Bertz CT molecular complexity index is 1270. The summed E-state index contributed by atoms with van der Waals surface area (Å²) in [6.45, 7) is 2.30. The number of aromatic hydroxyl groups is 1. The number of H-pyrrole nitrogens is 1. The van der Waals surface area contributed by atoms with Gasteiger partial charge in [-0.1, -0.05) is 6.07 Å². The minimum Gasteiger partial charge on any atom is -0.507 e. The molecule has 164 valence electrons. The van der Waals surface area contributed by atoms with Crippen LogP contribution >= 0.6 is 0 Å². The van der Waals surface area contributed by atoms with E-state index in [9.17, 15) is 9.90 Å². The molecule has 2 aromatic carbocycles. The highest BCUT2D eigenvalue weighted by Crippen LogP contribution is 2.35. The first-order chi connectivity index (χ1) is 15.5. The van der Waals surface area contributed by atoms with Crippen molar-refractivity contribution in [1.29, 1.82) is 0 Å². The van der Waals surface area contributed by atoms with Crippen LogP contribution in [0.4, 0.5) is 0 Å². The lowest BCUT2D eigenvalue weighted by atomic mass is 10.0. The fraction of sp³-hybridized carbons (Fsp3) is 0.208. The number of ether oxygens (including phenoxy) is 2. The molecule has 2 aromatic heterocycles. The summed E-state index contributed by atoms with van der Waals surface area (Å²) < 4.78 is 10.4. The molecule has 0 aliphatic carbocycles. The van der Waals surface area contributed by atoms with Crippen molar-refractivity contribution in [3.8, 4) is 34.1 Å². The van der Waals surface area contributed by atoms with Gasteiger partial charge in [-0.15, -0.1) is 0 Å². The third-order valence-corrected chi connectivity index (χ3v) is 5.07. The maximum Gasteiger partial charge on any atom is 0.251 e. The first-order valence-corrected chi connectivity index (χ1v) is 10.1. The molecule has 0 bridgehead atoms. The number of nitrogens with zero attached hydrogens (tertiary/aromatic N) is 2. The number of imidazole rings is 1. The number of aromatic amines is 1. The molecule has 0 radical (unpaired) electrons. The van der Waals surface area contributed by atoms with Gasteiger partial charge in [-0.3, -0.25) is 4.79 Å². The second kappa shape index (κ2) is 9.07. The van der Waals surface area contributed by atoms with Gasteiger partial charge in [0.05, 0.1) is 30.3 Å². The summed E-state index contributed by atoms with van der Waals surface area (Å²) in [5.41, 5.74) is 4.04. The van der Waals surface area contributed by atoms with Crippen molar-refractivity contribution < 1.29 is 19.4 Å². The largest absolute Gasteiger partial charge is 0.507 e. The summed E-state index contributed by atoms with van der Waals surface area (Å²) in [6.07, 6.45) is 1.66. The first kappa shape index (κ1) is 21.3. The molecule has 0 unspecified atom stereocenters. The Kier molecular flexibility index (Phi) is 6.04. The van der Waals surface area contributed by atoms with Crippen LogP contribution in [0.5, 0.6) is 11.6 Å². The molecule has 0 aliphatic rings. The third-order valence-electron chi connectivity index (χ3n) is 5.07. The fourth-order valence-electron chi connectivity index (χ4n) is 3.54.